The van der Waals surface area contributed by atoms with Crippen molar-refractivity contribution in [2.75, 3.05) is 5.32 Å². The van der Waals surface area contributed by atoms with Gasteiger partial charge >= 0.3 is 5.69 Å². The summed E-state index contributed by atoms with van der Waals surface area (Å²) in [6.45, 7) is 1.94. The number of aromatic nitrogens is 4. The Balaban J connectivity index is 1.60. The van der Waals surface area contributed by atoms with Crippen LogP contribution in [0.2, 0.25) is 0 Å². The minimum Gasteiger partial charge on any atom is -0.336 e. The second kappa shape index (κ2) is 9.93. The topological polar surface area (TPSA) is 113 Å². The molecule has 1 saturated carbocycles. The number of nitrogens with zero attached hydrogens (tertiary/aromatic N) is 2. The Bertz CT molecular complexity index is 1510. The van der Waals surface area contributed by atoms with Gasteiger partial charge in [0.25, 0.3) is 5.56 Å². The molecule has 0 aliphatic heterocycles. The Labute approximate surface area is 206 Å². The van der Waals surface area contributed by atoms with Crippen LogP contribution in [0.25, 0.3) is 11.2 Å². The van der Waals surface area contributed by atoms with Crippen LogP contribution in [0.15, 0.2) is 58.1 Å². The average molecular weight is 490 g/mol. The molecule has 0 saturated heterocycles. The lowest BCUT2D eigenvalue weighted by molar-refractivity contribution is -0.114. The van der Waals surface area contributed by atoms with E-state index >= 15 is 0 Å². The third-order valence-corrected chi connectivity index (χ3v) is 6.91. The Hall–Kier alpha value is -4.01. The number of nitrogens with one attached hydrogen (secondary N) is 3. The summed E-state index contributed by atoms with van der Waals surface area (Å²) in [5.74, 6) is -0.0914. The largest absolute Gasteiger partial charge is 0.336 e. The molecular weight excluding hydrogens is 461 g/mol. The second-order valence-corrected chi connectivity index (χ2v) is 9.49. The van der Waals surface area contributed by atoms with E-state index in [1.54, 1.807) is 34.9 Å². The number of hydrogen-bond acceptors (Lipinski definition) is 4. The van der Waals surface area contributed by atoms with E-state index in [9.17, 15) is 18.8 Å². The van der Waals surface area contributed by atoms with E-state index < -0.39 is 17.2 Å². The highest BCUT2D eigenvalue weighted by molar-refractivity contribution is 5.88. The van der Waals surface area contributed by atoms with Gasteiger partial charge in [-0.3, -0.25) is 19.1 Å². The number of fused-ring (bicyclic) bond motifs is 1. The van der Waals surface area contributed by atoms with Gasteiger partial charge in [-0.2, -0.15) is 0 Å². The molecular formula is C27H28FN5O3. The maximum atomic E-state index is 14.6. The van der Waals surface area contributed by atoms with Crippen LogP contribution in [0, 0.1) is 11.7 Å². The summed E-state index contributed by atoms with van der Waals surface area (Å²) in [4.78, 5) is 47.1. The number of halogens is 1. The van der Waals surface area contributed by atoms with Gasteiger partial charge < -0.3 is 10.3 Å². The molecule has 8 nitrogen and oxygen atoms in total. The van der Waals surface area contributed by atoms with Crippen LogP contribution in [0.4, 0.5) is 10.1 Å². The molecule has 0 bridgehead atoms. The fourth-order valence-corrected chi connectivity index (χ4v) is 5.10. The highest BCUT2D eigenvalue weighted by atomic mass is 19.1. The molecule has 1 amide bonds. The number of aromatic amines is 2. The van der Waals surface area contributed by atoms with Gasteiger partial charge in [-0.1, -0.05) is 43.2 Å². The number of carbonyl (C=O) groups is 1. The van der Waals surface area contributed by atoms with E-state index in [-0.39, 0.29) is 23.7 Å². The molecule has 1 atom stereocenters. The first-order valence-corrected chi connectivity index (χ1v) is 12.2. The zero-order valence-electron chi connectivity index (χ0n) is 20.0. The lowest BCUT2D eigenvalue weighted by atomic mass is 9.91. The van der Waals surface area contributed by atoms with E-state index in [1.807, 2.05) is 12.1 Å². The minimum absolute atomic E-state index is 0.178. The Morgan fingerprint density at radius 3 is 2.53 bits per heavy atom. The first-order valence-electron chi connectivity index (χ1n) is 12.2. The smallest absolute Gasteiger partial charge is 0.330 e. The van der Waals surface area contributed by atoms with E-state index in [0.717, 1.165) is 31.2 Å². The summed E-state index contributed by atoms with van der Waals surface area (Å²) < 4.78 is 16.2. The van der Waals surface area contributed by atoms with Gasteiger partial charge in [-0.15, -0.1) is 0 Å². The van der Waals surface area contributed by atoms with Crippen LogP contribution in [0.5, 0.6) is 0 Å². The number of benzene rings is 2. The molecule has 1 aliphatic carbocycles. The summed E-state index contributed by atoms with van der Waals surface area (Å²) in [7, 11) is 0. The summed E-state index contributed by atoms with van der Waals surface area (Å²) >= 11 is 0. The first-order chi connectivity index (χ1) is 17.4. The van der Waals surface area contributed by atoms with Crippen molar-refractivity contribution in [1.82, 2.24) is 19.5 Å². The first kappa shape index (κ1) is 23.7. The van der Waals surface area contributed by atoms with Gasteiger partial charge in [0.15, 0.2) is 5.65 Å². The predicted molar refractivity (Wildman–Crippen MR) is 136 cm³/mol. The zero-order chi connectivity index (χ0) is 25.2. The van der Waals surface area contributed by atoms with Crippen LogP contribution in [0.3, 0.4) is 0 Å². The third kappa shape index (κ3) is 4.86. The summed E-state index contributed by atoms with van der Waals surface area (Å²) in [5.41, 5.74) is 1.53. The van der Waals surface area contributed by atoms with Crippen molar-refractivity contribution in [3.63, 3.8) is 0 Å². The fourth-order valence-electron chi connectivity index (χ4n) is 5.10. The van der Waals surface area contributed by atoms with Gasteiger partial charge in [0.2, 0.25) is 5.91 Å². The lowest BCUT2D eigenvalue weighted by Gasteiger charge is -2.16. The van der Waals surface area contributed by atoms with Gasteiger partial charge in [-0.05, 0) is 54.5 Å². The standard InChI is InChI=1S/C27H28FN5O3/c1-16(34)29-20-12-10-18(11-13-20)21(14-19-8-4-5-9-22(19)28)24-30-23-25(31-24)33(27(36)32-26(23)35)15-17-6-2-3-7-17/h4-5,8-13,17,21H,2-3,6-7,14-15H2,1H3,(H,29,34)(H,30,31)(H,32,35,36). The van der Waals surface area contributed by atoms with Crippen molar-refractivity contribution >= 4 is 22.8 Å². The summed E-state index contributed by atoms with van der Waals surface area (Å²) in [5, 5.41) is 2.74. The number of rotatable bonds is 7. The Morgan fingerprint density at radius 1 is 1.11 bits per heavy atom. The SMILES string of the molecule is CC(=O)Nc1ccc(C(Cc2ccccc2F)c2nc3c([nH]2)c(=O)[nH]c(=O)n3CC2CCCC2)cc1. The lowest BCUT2D eigenvalue weighted by Crippen LogP contribution is -2.32. The van der Waals surface area contributed by atoms with Gasteiger partial charge in [0.1, 0.15) is 17.2 Å². The van der Waals surface area contributed by atoms with E-state index in [1.165, 1.54) is 13.0 Å². The van der Waals surface area contributed by atoms with E-state index in [0.29, 0.717) is 35.2 Å². The monoisotopic (exact) mass is 489 g/mol. The Morgan fingerprint density at radius 2 is 1.83 bits per heavy atom. The van der Waals surface area contributed by atoms with Crippen molar-refractivity contribution < 1.29 is 9.18 Å². The number of imidazole rings is 1. The molecule has 5 rings (SSSR count). The van der Waals surface area contributed by atoms with Crippen LogP contribution >= 0.6 is 0 Å². The fraction of sp³-hybridized carbons (Fsp3) is 0.333. The highest BCUT2D eigenvalue weighted by Crippen LogP contribution is 2.30. The second-order valence-electron chi connectivity index (χ2n) is 9.49. The number of carbonyl (C=O) groups excluding carboxylic acids is 1. The number of hydrogen-bond donors (Lipinski definition) is 3. The third-order valence-electron chi connectivity index (χ3n) is 6.91. The van der Waals surface area contributed by atoms with Gasteiger partial charge in [0.05, 0.1) is 0 Å². The van der Waals surface area contributed by atoms with E-state index in [4.69, 9.17) is 4.98 Å². The van der Waals surface area contributed by atoms with Crippen molar-refractivity contribution in [1.29, 1.82) is 0 Å². The normalized spacial score (nSPS) is 14.8. The summed E-state index contributed by atoms with van der Waals surface area (Å²) in [6.07, 6.45) is 4.65. The van der Waals surface area contributed by atoms with Crippen LogP contribution in [0.1, 0.15) is 55.5 Å². The molecule has 2 aromatic carbocycles. The zero-order valence-corrected chi connectivity index (χ0v) is 20.0. The number of H-pyrrole nitrogens is 2. The number of anilines is 1. The Kier molecular flexibility index (Phi) is 6.54. The molecule has 1 fully saturated rings. The molecule has 3 N–H and O–H groups in total. The molecule has 4 aromatic rings. The van der Waals surface area contributed by atoms with Crippen LogP contribution in [-0.4, -0.2) is 25.4 Å². The molecule has 2 aromatic heterocycles. The van der Waals surface area contributed by atoms with Crippen LogP contribution in [-0.2, 0) is 17.8 Å². The quantitative estimate of drug-likeness (QED) is 0.363. The molecule has 1 unspecified atom stereocenters. The minimum atomic E-state index is -0.526. The average Bonchev–Trinajstić information content (AvgIpc) is 3.52. The van der Waals surface area contributed by atoms with Gasteiger partial charge in [-0.25, -0.2) is 14.2 Å². The summed E-state index contributed by atoms with van der Waals surface area (Å²) in [6, 6.07) is 13.8. The molecule has 1 aliphatic rings. The maximum absolute atomic E-state index is 14.6. The van der Waals surface area contributed by atoms with Crippen molar-refractivity contribution in [2.45, 2.75) is 51.5 Å². The van der Waals surface area contributed by atoms with Gasteiger partial charge in [0, 0.05) is 25.1 Å². The van der Waals surface area contributed by atoms with Crippen molar-refractivity contribution in [3.05, 3.63) is 92.1 Å². The van der Waals surface area contributed by atoms with Crippen molar-refractivity contribution in [3.8, 4) is 0 Å². The predicted octanol–water partition coefficient (Wildman–Crippen LogP) is 4.08. The molecule has 9 heteroatoms. The van der Waals surface area contributed by atoms with E-state index in [2.05, 4.69) is 15.3 Å². The molecule has 0 spiro atoms. The van der Waals surface area contributed by atoms with Crippen LogP contribution < -0.4 is 16.6 Å². The van der Waals surface area contributed by atoms with Crippen molar-refractivity contribution in [2.24, 2.45) is 5.92 Å². The molecule has 36 heavy (non-hydrogen) atoms. The highest BCUT2D eigenvalue weighted by Gasteiger charge is 2.24. The molecule has 186 valence electrons. The molecule has 2 heterocycles. The number of amides is 1. The maximum Gasteiger partial charge on any atom is 0.330 e. The molecule has 0 radical (unpaired) electrons.